The van der Waals surface area contributed by atoms with Gasteiger partial charge in [-0.1, -0.05) is 11.6 Å². The van der Waals surface area contributed by atoms with Crippen LogP contribution >= 0.6 is 24.0 Å². The highest BCUT2D eigenvalue weighted by Gasteiger charge is 2.38. The fourth-order valence-corrected chi connectivity index (χ4v) is 5.08. The monoisotopic (exact) mass is 425 g/mol. The van der Waals surface area contributed by atoms with Gasteiger partial charge in [0, 0.05) is 48.8 Å². The molecule has 3 atom stereocenters. The van der Waals surface area contributed by atoms with Crippen LogP contribution in [0.3, 0.4) is 0 Å². The minimum atomic E-state index is -0.0902. The van der Waals surface area contributed by atoms with Crippen molar-refractivity contribution in [3.05, 3.63) is 34.9 Å². The number of benzene rings is 1. The van der Waals surface area contributed by atoms with Crippen molar-refractivity contribution >= 4 is 35.8 Å². The Labute approximate surface area is 178 Å². The first-order valence-electron chi connectivity index (χ1n) is 10.1. The third-order valence-corrected chi connectivity index (χ3v) is 6.74. The van der Waals surface area contributed by atoms with Crippen LogP contribution in [0.2, 0.25) is 5.02 Å². The summed E-state index contributed by atoms with van der Waals surface area (Å²) in [5, 5.41) is 4.26. The Morgan fingerprint density at radius 3 is 2.39 bits per heavy atom. The first kappa shape index (κ1) is 21.4. The molecule has 5 nitrogen and oxygen atoms in total. The fraction of sp³-hybridized carbons (Fsp3) is 0.619. The predicted octanol–water partition coefficient (Wildman–Crippen LogP) is 3.36. The second-order valence-electron chi connectivity index (χ2n) is 8.31. The van der Waals surface area contributed by atoms with Crippen molar-refractivity contribution in [1.82, 2.24) is 15.1 Å². The predicted molar refractivity (Wildman–Crippen MR) is 113 cm³/mol. The van der Waals surface area contributed by atoms with Crippen LogP contribution < -0.4 is 5.32 Å². The Bertz CT molecular complexity index is 700. The number of likely N-dealkylation sites (tertiary alicyclic amines) is 1. The maximum Gasteiger partial charge on any atom is 0.253 e. The molecule has 2 bridgehead atoms. The zero-order chi connectivity index (χ0) is 19.0. The van der Waals surface area contributed by atoms with Crippen LogP contribution in [0.4, 0.5) is 0 Å². The second-order valence-corrected chi connectivity index (χ2v) is 8.75. The first-order valence-corrected chi connectivity index (χ1v) is 10.5. The number of carbonyl (C=O) groups is 2. The van der Waals surface area contributed by atoms with Crippen molar-refractivity contribution in [1.29, 1.82) is 0 Å². The van der Waals surface area contributed by atoms with E-state index >= 15 is 0 Å². The molecule has 154 valence electrons. The molecule has 3 aliphatic heterocycles. The highest BCUT2D eigenvalue weighted by atomic mass is 35.5. The van der Waals surface area contributed by atoms with E-state index in [0.717, 1.165) is 25.7 Å². The third-order valence-electron chi connectivity index (χ3n) is 6.49. The minimum absolute atomic E-state index is 0. The highest BCUT2D eigenvalue weighted by molar-refractivity contribution is 6.30. The first-order chi connectivity index (χ1) is 13.0. The molecule has 2 amide bonds. The molecule has 4 rings (SSSR count). The van der Waals surface area contributed by atoms with Crippen LogP contribution in [0.5, 0.6) is 0 Å². The summed E-state index contributed by atoms with van der Waals surface area (Å²) in [6.07, 6.45) is 6.32. The van der Waals surface area contributed by atoms with Gasteiger partial charge in [-0.25, -0.2) is 0 Å². The lowest BCUT2D eigenvalue weighted by Crippen LogP contribution is -2.52. The van der Waals surface area contributed by atoms with E-state index in [9.17, 15) is 9.59 Å². The molecule has 1 aromatic carbocycles. The number of fused-ring (bicyclic) bond motifs is 2. The number of nitrogens with zero attached hydrogens (tertiary/aromatic N) is 2. The number of rotatable bonds is 3. The maximum absolute atomic E-state index is 13.1. The number of hydrogen-bond acceptors (Lipinski definition) is 3. The Hall–Kier alpha value is -1.30. The van der Waals surface area contributed by atoms with Gasteiger partial charge in [0.15, 0.2) is 0 Å². The van der Waals surface area contributed by atoms with E-state index in [0.29, 0.717) is 41.8 Å². The van der Waals surface area contributed by atoms with Gasteiger partial charge in [-0.3, -0.25) is 9.59 Å². The van der Waals surface area contributed by atoms with E-state index in [1.165, 1.54) is 12.8 Å². The normalized spacial score (nSPS) is 29.1. The van der Waals surface area contributed by atoms with Crippen molar-refractivity contribution in [3.8, 4) is 0 Å². The van der Waals surface area contributed by atoms with Gasteiger partial charge in [-0.2, -0.15) is 0 Å². The summed E-state index contributed by atoms with van der Waals surface area (Å²) in [5.74, 6) is 0.106. The van der Waals surface area contributed by atoms with E-state index in [1.807, 2.05) is 16.8 Å². The van der Waals surface area contributed by atoms with Crippen molar-refractivity contribution in [2.75, 3.05) is 20.1 Å². The lowest BCUT2D eigenvalue weighted by atomic mass is 9.93. The molecule has 0 aromatic heterocycles. The summed E-state index contributed by atoms with van der Waals surface area (Å²) >= 11 is 5.92. The van der Waals surface area contributed by atoms with Crippen LogP contribution in [-0.4, -0.2) is 59.9 Å². The lowest BCUT2D eigenvalue weighted by molar-refractivity contribution is -0.138. The smallest absolute Gasteiger partial charge is 0.253 e. The molecule has 3 unspecified atom stereocenters. The van der Waals surface area contributed by atoms with Crippen molar-refractivity contribution in [2.45, 2.75) is 56.7 Å². The molecule has 3 saturated heterocycles. The van der Waals surface area contributed by atoms with Gasteiger partial charge in [0.25, 0.3) is 5.91 Å². The molecule has 0 aliphatic carbocycles. The number of halogens is 2. The summed E-state index contributed by atoms with van der Waals surface area (Å²) < 4.78 is 0. The number of hydrogen-bond donors (Lipinski definition) is 1. The third kappa shape index (κ3) is 4.47. The summed E-state index contributed by atoms with van der Waals surface area (Å²) in [4.78, 5) is 29.7. The number of nitrogens with one attached hydrogen (secondary N) is 1. The van der Waals surface area contributed by atoms with Crippen LogP contribution in [0.25, 0.3) is 0 Å². The topological polar surface area (TPSA) is 52.7 Å². The van der Waals surface area contributed by atoms with Crippen LogP contribution in [0.15, 0.2) is 24.3 Å². The summed E-state index contributed by atoms with van der Waals surface area (Å²) in [5.41, 5.74) is 0.635. The summed E-state index contributed by atoms with van der Waals surface area (Å²) in [6, 6.07) is 8.46. The standard InChI is InChI=1S/C21H28ClN3O2.ClH/c1-24(19-11-17-8-9-18(12-19)23-17)20(26)15-3-2-10-25(13-15)21(27)14-4-6-16(22)7-5-14;/h4-7,15,17-19,23H,2-3,8-13H2,1H3;1H. The van der Waals surface area contributed by atoms with Gasteiger partial charge in [-0.05, 0) is 62.8 Å². The van der Waals surface area contributed by atoms with Crippen molar-refractivity contribution < 1.29 is 9.59 Å². The summed E-state index contributed by atoms with van der Waals surface area (Å²) in [7, 11) is 1.96. The second kappa shape index (κ2) is 9.02. The minimum Gasteiger partial charge on any atom is -0.342 e. The number of piperidine rings is 2. The van der Waals surface area contributed by atoms with E-state index in [4.69, 9.17) is 11.6 Å². The van der Waals surface area contributed by atoms with E-state index in [1.54, 1.807) is 24.3 Å². The molecule has 0 radical (unpaired) electrons. The van der Waals surface area contributed by atoms with Gasteiger partial charge >= 0.3 is 0 Å². The Balaban J connectivity index is 0.00000225. The van der Waals surface area contributed by atoms with Gasteiger partial charge in [0.1, 0.15) is 0 Å². The Morgan fingerprint density at radius 2 is 1.75 bits per heavy atom. The largest absolute Gasteiger partial charge is 0.342 e. The average Bonchev–Trinajstić information content (AvgIpc) is 3.04. The SMILES string of the molecule is CN(C(=O)C1CCCN(C(=O)c2ccc(Cl)cc2)C1)C1CC2CCC(C1)N2.Cl. The Morgan fingerprint density at radius 1 is 1.11 bits per heavy atom. The van der Waals surface area contributed by atoms with Gasteiger partial charge < -0.3 is 15.1 Å². The molecular weight excluding hydrogens is 397 g/mol. The van der Waals surface area contributed by atoms with Gasteiger partial charge in [0.2, 0.25) is 5.91 Å². The molecule has 3 fully saturated rings. The highest BCUT2D eigenvalue weighted by Crippen LogP contribution is 2.31. The number of amides is 2. The van der Waals surface area contributed by atoms with Crippen LogP contribution in [0.1, 0.15) is 48.9 Å². The molecule has 0 spiro atoms. The molecular formula is C21H29Cl2N3O2. The molecule has 3 heterocycles. The van der Waals surface area contributed by atoms with E-state index < -0.39 is 0 Å². The number of carbonyl (C=O) groups excluding carboxylic acids is 2. The molecule has 7 heteroatoms. The average molecular weight is 426 g/mol. The fourth-order valence-electron chi connectivity index (χ4n) is 4.95. The molecule has 3 aliphatic rings. The quantitative estimate of drug-likeness (QED) is 0.807. The van der Waals surface area contributed by atoms with Crippen molar-refractivity contribution in [2.24, 2.45) is 5.92 Å². The van der Waals surface area contributed by atoms with Gasteiger partial charge in [0.05, 0.1) is 5.92 Å². The molecule has 0 saturated carbocycles. The Kier molecular flexibility index (Phi) is 6.89. The van der Waals surface area contributed by atoms with E-state index in [-0.39, 0.29) is 30.1 Å². The van der Waals surface area contributed by atoms with Gasteiger partial charge in [-0.15, -0.1) is 12.4 Å². The van der Waals surface area contributed by atoms with Crippen molar-refractivity contribution in [3.63, 3.8) is 0 Å². The maximum atomic E-state index is 13.1. The zero-order valence-electron chi connectivity index (χ0n) is 16.3. The van der Waals surface area contributed by atoms with E-state index in [2.05, 4.69) is 5.32 Å². The molecule has 1 aromatic rings. The zero-order valence-corrected chi connectivity index (χ0v) is 17.8. The lowest BCUT2D eigenvalue weighted by Gasteiger charge is -2.39. The van der Waals surface area contributed by atoms with Crippen LogP contribution in [0, 0.1) is 5.92 Å². The molecule has 28 heavy (non-hydrogen) atoms. The summed E-state index contributed by atoms with van der Waals surface area (Å²) in [6.45, 7) is 1.23. The molecule has 1 N–H and O–H groups in total. The van der Waals surface area contributed by atoms with Crippen LogP contribution in [-0.2, 0) is 4.79 Å².